The van der Waals surface area contributed by atoms with Crippen LogP contribution >= 0.6 is 0 Å². The Balaban J connectivity index is 2.40. The molecule has 102 valence electrons. The Labute approximate surface area is 113 Å². The molecule has 2 nitrogen and oxygen atoms in total. The van der Waals surface area contributed by atoms with Gasteiger partial charge in [0.05, 0.1) is 6.61 Å². The molecule has 1 N–H and O–H groups in total. The lowest BCUT2D eigenvalue weighted by Gasteiger charge is -2.34. The van der Waals surface area contributed by atoms with Gasteiger partial charge in [0.1, 0.15) is 5.82 Å². The van der Waals surface area contributed by atoms with E-state index >= 15 is 0 Å². The molecular formula is C16H20FNO. The zero-order valence-corrected chi connectivity index (χ0v) is 11.7. The minimum absolute atomic E-state index is 0.00172. The third-order valence-electron chi connectivity index (χ3n) is 3.62. The number of hydrogen-bond donors (Lipinski definition) is 1. The monoisotopic (exact) mass is 261 g/mol. The summed E-state index contributed by atoms with van der Waals surface area (Å²) in [6, 6.07) is 6.82. The van der Waals surface area contributed by atoms with E-state index in [0.717, 1.165) is 29.0 Å². The number of aliphatic hydroxyl groups is 1. The van der Waals surface area contributed by atoms with Crippen molar-refractivity contribution in [2.24, 2.45) is 0 Å². The maximum absolute atomic E-state index is 13.0. The largest absolute Gasteiger partial charge is 0.392 e. The molecule has 1 aliphatic heterocycles. The molecule has 0 amide bonds. The van der Waals surface area contributed by atoms with Gasteiger partial charge in [0, 0.05) is 23.9 Å². The molecule has 0 atom stereocenters. The highest BCUT2D eigenvalue weighted by Crippen LogP contribution is 2.31. The molecule has 2 rings (SSSR count). The Morgan fingerprint density at radius 2 is 1.89 bits per heavy atom. The normalized spacial score (nSPS) is 16.1. The Kier molecular flexibility index (Phi) is 4.05. The fourth-order valence-corrected chi connectivity index (χ4v) is 2.54. The lowest BCUT2D eigenvalue weighted by Crippen LogP contribution is -2.33. The van der Waals surface area contributed by atoms with Crippen LogP contribution in [0.4, 0.5) is 4.39 Å². The molecule has 0 bridgehead atoms. The van der Waals surface area contributed by atoms with E-state index in [9.17, 15) is 9.50 Å². The van der Waals surface area contributed by atoms with Gasteiger partial charge in [-0.15, -0.1) is 0 Å². The van der Waals surface area contributed by atoms with Crippen LogP contribution in [-0.2, 0) is 0 Å². The topological polar surface area (TPSA) is 23.5 Å². The van der Waals surface area contributed by atoms with E-state index in [1.54, 1.807) is 12.1 Å². The predicted molar refractivity (Wildman–Crippen MR) is 76.0 cm³/mol. The van der Waals surface area contributed by atoms with Gasteiger partial charge in [-0.05, 0) is 44.0 Å². The standard InChI is InChI=1S/C16H20FNO/c1-11(2)18-9-8-15(16(10-19)12(18)3)13-4-6-14(17)7-5-13/h4-8,11,19H,9-10H2,1-3H3. The number of aliphatic hydroxyl groups excluding tert-OH is 1. The zero-order valence-electron chi connectivity index (χ0n) is 11.7. The summed E-state index contributed by atoms with van der Waals surface area (Å²) in [5.74, 6) is -0.241. The molecule has 0 saturated heterocycles. The third-order valence-corrected chi connectivity index (χ3v) is 3.62. The Hall–Kier alpha value is -1.61. The molecule has 1 heterocycles. The van der Waals surface area contributed by atoms with Gasteiger partial charge in [-0.3, -0.25) is 0 Å². The number of hydrogen-bond acceptors (Lipinski definition) is 2. The van der Waals surface area contributed by atoms with E-state index in [1.807, 2.05) is 6.92 Å². The second kappa shape index (κ2) is 5.57. The second-order valence-corrected chi connectivity index (χ2v) is 5.09. The van der Waals surface area contributed by atoms with E-state index in [4.69, 9.17) is 0 Å². The molecule has 3 heteroatoms. The van der Waals surface area contributed by atoms with Crippen LogP contribution in [0.2, 0.25) is 0 Å². The quantitative estimate of drug-likeness (QED) is 0.903. The van der Waals surface area contributed by atoms with E-state index < -0.39 is 0 Å². The smallest absolute Gasteiger partial charge is 0.123 e. The first kappa shape index (κ1) is 13.8. The molecule has 1 aromatic rings. The lowest BCUT2D eigenvalue weighted by molar-refractivity contribution is 0.289. The van der Waals surface area contributed by atoms with Crippen LogP contribution in [-0.4, -0.2) is 29.2 Å². The first-order valence-corrected chi connectivity index (χ1v) is 6.58. The van der Waals surface area contributed by atoms with Crippen molar-refractivity contribution in [1.82, 2.24) is 4.90 Å². The molecule has 0 saturated carbocycles. The van der Waals surface area contributed by atoms with Gasteiger partial charge < -0.3 is 10.0 Å². The van der Waals surface area contributed by atoms with Crippen molar-refractivity contribution in [3.63, 3.8) is 0 Å². The first-order chi connectivity index (χ1) is 9.04. The Bertz CT molecular complexity index is 514. The summed E-state index contributed by atoms with van der Waals surface area (Å²) in [7, 11) is 0. The van der Waals surface area contributed by atoms with E-state index in [0.29, 0.717) is 6.04 Å². The summed E-state index contributed by atoms with van der Waals surface area (Å²) in [6.45, 7) is 7.12. The maximum Gasteiger partial charge on any atom is 0.123 e. The summed E-state index contributed by atoms with van der Waals surface area (Å²) in [5.41, 5.74) is 3.98. The Morgan fingerprint density at radius 1 is 1.26 bits per heavy atom. The Morgan fingerprint density at radius 3 is 2.42 bits per heavy atom. The van der Waals surface area contributed by atoms with Crippen LogP contribution in [0, 0.1) is 5.82 Å². The average Bonchev–Trinajstić information content (AvgIpc) is 2.38. The van der Waals surface area contributed by atoms with Crippen LogP contribution in [0.15, 0.2) is 41.6 Å². The highest BCUT2D eigenvalue weighted by Gasteiger charge is 2.21. The van der Waals surface area contributed by atoms with Crippen LogP contribution in [0.3, 0.4) is 0 Å². The van der Waals surface area contributed by atoms with Crippen molar-refractivity contribution in [2.75, 3.05) is 13.2 Å². The van der Waals surface area contributed by atoms with Gasteiger partial charge >= 0.3 is 0 Å². The molecular weight excluding hydrogens is 241 g/mol. The molecule has 0 aliphatic carbocycles. The molecule has 0 unspecified atom stereocenters. The number of nitrogens with zero attached hydrogens (tertiary/aromatic N) is 1. The number of halogens is 1. The summed E-state index contributed by atoms with van der Waals surface area (Å²) in [6.07, 6.45) is 2.10. The van der Waals surface area contributed by atoms with Gasteiger partial charge in [0.2, 0.25) is 0 Å². The van der Waals surface area contributed by atoms with Gasteiger partial charge in [0.15, 0.2) is 0 Å². The lowest BCUT2D eigenvalue weighted by atomic mass is 9.93. The van der Waals surface area contributed by atoms with Crippen molar-refractivity contribution >= 4 is 5.57 Å². The van der Waals surface area contributed by atoms with Gasteiger partial charge in [-0.25, -0.2) is 4.39 Å². The minimum Gasteiger partial charge on any atom is -0.392 e. The number of rotatable bonds is 3. The molecule has 0 spiro atoms. The van der Waals surface area contributed by atoms with Gasteiger partial charge in [-0.2, -0.15) is 0 Å². The highest BCUT2D eigenvalue weighted by atomic mass is 19.1. The van der Waals surface area contributed by atoms with E-state index in [2.05, 4.69) is 24.8 Å². The predicted octanol–water partition coefficient (Wildman–Crippen LogP) is 3.20. The van der Waals surface area contributed by atoms with Crippen LogP contribution in [0.25, 0.3) is 5.57 Å². The van der Waals surface area contributed by atoms with Gasteiger partial charge in [-0.1, -0.05) is 18.2 Å². The van der Waals surface area contributed by atoms with Crippen molar-refractivity contribution < 1.29 is 9.50 Å². The second-order valence-electron chi connectivity index (χ2n) is 5.09. The molecule has 0 aromatic heterocycles. The summed E-state index contributed by atoms with van der Waals surface area (Å²) >= 11 is 0. The van der Waals surface area contributed by atoms with Crippen LogP contribution in [0.5, 0.6) is 0 Å². The summed E-state index contributed by atoms with van der Waals surface area (Å²) in [4.78, 5) is 2.25. The number of benzene rings is 1. The SMILES string of the molecule is CC1=C(CO)C(c2ccc(F)cc2)=CCN1C(C)C. The molecule has 0 fully saturated rings. The van der Waals surface area contributed by atoms with Crippen molar-refractivity contribution in [3.8, 4) is 0 Å². The first-order valence-electron chi connectivity index (χ1n) is 6.58. The zero-order chi connectivity index (χ0) is 14.0. The fourth-order valence-electron chi connectivity index (χ4n) is 2.54. The van der Waals surface area contributed by atoms with E-state index in [1.165, 1.54) is 12.1 Å². The highest BCUT2D eigenvalue weighted by molar-refractivity contribution is 5.81. The van der Waals surface area contributed by atoms with Crippen LogP contribution < -0.4 is 0 Å². The third kappa shape index (κ3) is 2.71. The van der Waals surface area contributed by atoms with Crippen molar-refractivity contribution in [2.45, 2.75) is 26.8 Å². The van der Waals surface area contributed by atoms with E-state index in [-0.39, 0.29) is 12.4 Å². The van der Waals surface area contributed by atoms with Crippen molar-refractivity contribution in [1.29, 1.82) is 0 Å². The fraction of sp³-hybridized carbons (Fsp3) is 0.375. The van der Waals surface area contributed by atoms with Crippen molar-refractivity contribution in [3.05, 3.63) is 53.0 Å². The maximum atomic E-state index is 13.0. The van der Waals surface area contributed by atoms with Crippen LogP contribution in [0.1, 0.15) is 26.3 Å². The molecule has 1 aliphatic rings. The number of allylic oxidation sites excluding steroid dienone is 1. The van der Waals surface area contributed by atoms with Gasteiger partial charge in [0.25, 0.3) is 0 Å². The summed E-state index contributed by atoms with van der Waals surface area (Å²) < 4.78 is 13.0. The average molecular weight is 261 g/mol. The summed E-state index contributed by atoms with van der Waals surface area (Å²) in [5, 5.41) is 9.65. The molecule has 19 heavy (non-hydrogen) atoms. The molecule has 1 aromatic carbocycles. The molecule has 0 radical (unpaired) electrons. The minimum atomic E-state index is -0.241.